The number of hydrogen-bond acceptors (Lipinski definition) is 5. The van der Waals surface area contributed by atoms with E-state index in [-0.39, 0.29) is 10.6 Å². The Morgan fingerprint density at radius 3 is 3.17 bits per heavy atom. The van der Waals surface area contributed by atoms with Crippen LogP contribution in [0.2, 0.25) is 0 Å². The van der Waals surface area contributed by atoms with E-state index in [2.05, 4.69) is 14.9 Å². The molecule has 0 aliphatic heterocycles. The molecule has 6 nitrogen and oxygen atoms in total. The maximum Gasteiger partial charge on any atom is 0.246 e. The minimum atomic E-state index is 0.267. The van der Waals surface area contributed by atoms with Gasteiger partial charge in [-0.25, -0.2) is 0 Å². The summed E-state index contributed by atoms with van der Waals surface area (Å²) in [5, 5.41) is 26.0. The van der Waals surface area contributed by atoms with Crippen LogP contribution in [0.3, 0.4) is 0 Å². The molecular formula is C6H7N3O3. The van der Waals surface area contributed by atoms with Crippen molar-refractivity contribution in [3.05, 3.63) is 16.6 Å². The highest BCUT2D eigenvalue weighted by molar-refractivity contribution is 5.98. The molecule has 1 aromatic rings. The molecule has 1 aromatic heterocycles. The molecule has 1 N–H and O–H groups in total. The summed E-state index contributed by atoms with van der Waals surface area (Å²) in [4.78, 5) is 0.281. The summed E-state index contributed by atoms with van der Waals surface area (Å²) in [6.45, 7) is 0. The minimum Gasteiger partial charge on any atom is -0.411 e. The zero-order chi connectivity index (χ0) is 8.55. The van der Waals surface area contributed by atoms with Crippen molar-refractivity contribution in [1.82, 2.24) is 5.16 Å². The molecule has 0 bridgehead atoms. The van der Waals surface area contributed by atoms with Crippen LogP contribution in [0.4, 0.5) is 0 Å². The van der Waals surface area contributed by atoms with Crippen molar-refractivity contribution >= 4 is 5.71 Å². The van der Waals surface area contributed by atoms with E-state index in [1.165, 1.54) is 0 Å². The van der Waals surface area contributed by atoms with Crippen LogP contribution < -0.4 is 4.90 Å². The van der Waals surface area contributed by atoms with Crippen molar-refractivity contribution in [2.24, 2.45) is 5.16 Å². The van der Waals surface area contributed by atoms with Crippen LogP contribution in [0.25, 0.3) is 0 Å². The summed E-state index contributed by atoms with van der Waals surface area (Å²) in [6, 6.07) is 0. The Hall–Kier alpha value is -1.59. The Bertz CT molecular complexity index is 331. The first-order valence-electron chi connectivity index (χ1n) is 3.63. The molecule has 6 heteroatoms. The average Bonchev–Trinajstić information content (AvgIpc) is 2.48. The highest BCUT2D eigenvalue weighted by Crippen LogP contribution is 2.16. The largest absolute Gasteiger partial charge is 0.411 e. The quantitative estimate of drug-likeness (QED) is 0.331. The summed E-state index contributed by atoms with van der Waals surface area (Å²) < 4.78 is 4.37. The van der Waals surface area contributed by atoms with Gasteiger partial charge in [0.15, 0.2) is 0 Å². The molecule has 0 saturated carbocycles. The molecule has 0 amide bonds. The molecule has 1 aliphatic carbocycles. The van der Waals surface area contributed by atoms with E-state index in [4.69, 9.17) is 5.21 Å². The molecule has 12 heavy (non-hydrogen) atoms. The van der Waals surface area contributed by atoms with Gasteiger partial charge in [0.1, 0.15) is 5.71 Å². The van der Waals surface area contributed by atoms with E-state index >= 15 is 0 Å². The van der Waals surface area contributed by atoms with Crippen molar-refractivity contribution in [2.45, 2.75) is 19.3 Å². The van der Waals surface area contributed by atoms with Crippen LogP contribution in [0.5, 0.6) is 0 Å². The van der Waals surface area contributed by atoms with Gasteiger partial charge < -0.3 is 10.4 Å². The molecule has 0 spiro atoms. The van der Waals surface area contributed by atoms with Gasteiger partial charge in [-0.2, -0.15) is 0 Å². The molecular weight excluding hydrogens is 162 g/mol. The third kappa shape index (κ3) is 0.843. The SMILES string of the molecule is [O-][n+]1onc2c1C(=NO)CCC2. The Kier molecular flexibility index (Phi) is 1.46. The lowest BCUT2D eigenvalue weighted by Gasteiger charge is -2.05. The van der Waals surface area contributed by atoms with Crippen molar-refractivity contribution < 1.29 is 14.7 Å². The standard InChI is InChI=1S/C6H7N3O3/c10-7-4-2-1-3-5-6(4)9(11)12-8-5/h10H,1-3H2. The molecule has 0 atom stereocenters. The van der Waals surface area contributed by atoms with Gasteiger partial charge in [-0.15, -0.1) is 0 Å². The summed E-state index contributed by atoms with van der Waals surface area (Å²) >= 11 is 0. The molecule has 1 heterocycles. The lowest BCUT2D eigenvalue weighted by atomic mass is 9.99. The van der Waals surface area contributed by atoms with Gasteiger partial charge in [-0.1, -0.05) is 5.16 Å². The maximum atomic E-state index is 10.9. The smallest absolute Gasteiger partial charge is 0.246 e. The van der Waals surface area contributed by atoms with E-state index in [1.54, 1.807) is 0 Å². The van der Waals surface area contributed by atoms with Gasteiger partial charge in [0, 0.05) is 11.6 Å². The fourth-order valence-corrected chi connectivity index (χ4v) is 1.35. The number of oxime groups is 1. The summed E-state index contributed by atoms with van der Waals surface area (Å²) in [5.74, 6) is 0. The minimum absolute atomic E-state index is 0.267. The van der Waals surface area contributed by atoms with Crippen LogP contribution in [-0.2, 0) is 6.42 Å². The number of fused-ring (bicyclic) bond motifs is 1. The highest BCUT2D eigenvalue weighted by atomic mass is 16.8. The van der Waals surface area contributed by atoms with E-state index in [0.29, 0.717) is 24.2 Å². The predicted octanol–water partition coefficient (Wildman–Crippen LogP) is -0.177. The Morgan fingerprint density at radius 2 is 2.42 bits per heavy atom. The fraction of sp³-hybridized carbons (Fsp3) is 0.500. The number of aryl methyl sites for hydroxylation is 1. The number of aromatic nitrogens is 2. The van der Waals surface area contributed by atoms with Crippen LogP contribution >= 0.6 is 0 Å². The second-order valence-electron chi connectivity index (χ2n) is 2.63. The van der Waals surface area contributed by atoms with E-state index in [1.807, 2.05) is 0 Å². The lowest BCUT2D eigenvalue weighted by Crippen LogP contribution is -2.33. The van der Waals surface area contributed by atoms with Crippen molar-refractivity contribution in [1.29, 1.82) is 0 Å². The topological polar surface area (TPSA) is 85.6 Å². The molecule has 0 saturated heterocycles. The zero-order valence-corrected chi connectivity index (χ0v) is 6.23. The molecule has 2 rings (SSSR count). The van der Waals surface area contributed by atoms with E-state index in [9.17, 15) is 5.21 Å². The van der Waals surface area contributed by atoms with Crippen LogP contribution in [0.1, 0.15) is 24.2 Å². The van der Waals surface area contributed by atoms with Gasteiger partial charge >= 0.3 is 0 Å². The first kappa shape index (κ1) is 7.08. The molecule has 0 aromatic carbocycles. The first-order valence-corrected chi connectivity index (χ1v) is 3.63. The second-order valence-corrected chi connectivity index (χ2v) is 2.63. The number of hydrogen-bond donors (Lipinski definition) is 1. The molecule has 1 aliphatic rings. The Morgan fingerprint density at radius 1 is 1.58 bits per heavy atom. The monoisotopic (exact) mass is 169 g/mol. The van der Waals surface area contributed by atoms with E-state index < -0.39 is 0 Å². The summed E-state index contributed by atoms with van der Waals surface area (Å²) in [6.07, 6.45) is 2.12. The molecule has 64 valence electrons. The third-order valence-electron chi connectivity index (χ3n) is 1.90. The molecule has 0 fully saturated rings. The Balaban J connectivity index is 2.55. The van der Waals surface area contributed by atoms with Gasteiger partial charge in [0.25, 0.3) is 0 Å². The van der Waals surface area contributed by atoms with Crippen LogP contribution in [0, 0.1) is 5.21 Å². The molecule has 0 unspecified atom stereocenters. The first-order chi connectivity index (χ1) is 5.83. The van der Waals surface area contributed by atoms with Gasteiger partial charge in [-0.05, 0) is 17.7 Å². The zero-order valence-electron chi connectivity index (χ0n) is 6.23. The van der Waals surface area contributed by atoms with Gasteiger partial charge in [0.2, 0.25) is 11.4 Å². The average molecular weight is 169 g/mol. The molecule has 0 radical (unpaired) electrons. The van der Waals surface area contributed by atoms with Gasteiger partial charge in [-0.3, -0.25) is 4.63 Å². The maximum absolute atomic E-state index is 10.9. The highest BCUT2D eigenvalue weighted by Gasteiger charge is 2.28. The lowest BCUT2D eigenvalue weighted by molar-refractivity contribution is -0.803. The van der Waals surface area contributed by atoms with Crippen molar-refractivity contribution in [3.63, 3.8) is 0 Å². The van der Waals surface area contributed by atoms with Crippen LogP contribution in [0.15, 0.2) is 9.78 Å². The van der Waals surface area contributed by atoms with Gasteiger partial charge in [0.05, 0.1) is 0 Å². The van der Waals surface area contributed by atoms with Crippen molar-refractivity contribution in [3.8, 4) is 0 Å². The third-order valence-corrected chi connectivity index (χ3v) is 1.90. The summed E-state index contributed by atoms with van der Waals surface area (Å²) in [7, 11) is 0. The second kappa shape index (κ2) is 2.47. The normalized spacial score (nSPS) is 19.5. The predicted molar refractivity (Wildman–Crippen MR) is 36.7 cm³/mol. The van der Waals surface area contributed by atoms with E-state index in [0.717, 1.165) is 6.42 Å². The van der Waals surface area contributed by atoms with Crippen LogP contribution in [-0.4, -0.2) is 16.1 Å². The Labute approximate surface area is 67.6 Å². The number of rotatable bonds is 0. The van der Waals surface area contributed by atoms with Crippen molar-refractivity contribution in [2.75, 3.05) is 0 Å². The number of nitrogens with zero attached hydrogens (tertiary/aromatic N) is 3. The fourth-order valence-electron chi connectivity index (χ4n) is 1.35. The summed E-state index contributed by atoms with van der Waals surface area (Å²) in [5.41, 5.74) is 1.19.